The highest BCUT2D eigenvalue weighted by atomic mass is 19.4. The van der Waals surface area contributed by atoms with Crippen LogP contribution >= 0.6 is 0 Å². The Labute approximate surface area is 177 Å². The van der Waals surface area contributed by atoms with Crippen LogP contribution in [0.1, 0.15) is 42.6 Å². The number of amides is 2. The number of ether oxygens (including phenoxy) is 1. The average molecular weight is 434 g/mol. The van der Waals surface area contributed by atoms with Crippen LogP contribution in [0.5, 0.6) is 5.75 Å². The molecule has 1 heterocycles. The number of benzene rings is 2. The fourth-order valence-electron chi connectivity index (χ4n) is 3.20. The summed E-state index contributed by atoms with van der Waals surface area (Å²) in [5.41, 5.74) is 0.0343. The van der Waals surface area contributed by atoms with Gasteiger partial charge >= 0.3 is 6.18 Å². The molecule has 1 N–H and O–H groups in total. The number of carbonyl (C=O) groups excluding carboxylic acids is 3. The van der Waals surface area contributed by atoms with Crippen LogP contribution < -0.4 is 15.0 Å². The summed E-state index contributed by atoms with van der Waals surface area (Å²) in [6.45, 7) is 3.04. The van der Waals surface area contributed by atoms with Gasteiger partial charge < -0.3 is 10.1 Å². The largest absolute Gasteiger partial charge is 0.479 e. The van der Waals surface area contributed by atoms with Crippen molar-refractivity contribution in [2.75, 3.05) is 16.8 Å². The lowest BCUT2D eigenvalue weighted by molar-refractivity contribution is -0.137. The maximum absolute atomic E-state index is 12.7. The monoisotopic (exact) mass is 434 g/mol. The highest BCUT2D eigenvalue weighted by Gasteiger charge is 2.33. The van der Waals surface area contributed by atoms with Gasteiger partial charge in [-0.25, -0.2) is 0 Å². The second-order valence-corrected chi connectivity index (χ2v) is 7.16. The number of fused-ring (bicyclic) bond motifs is 1. The van der Waals surface area contributed by atoms with Crippen LogP contribution in [0, 0.1) is 0 Å². The number of alkyl halides is 3. The summed E-state index contributed by atoms with van der Waals surface area (Å²) in [7, 11) is 0. The van der Waals surface area contributed by atoms with Crippen LogP contribution in [-0.4, -0.2) is 30.2 Å². The zero-order valence-corrected chi connectivity index (χ0v) is 17.0. The molecule has 1 aliphatic heterocycles. The predicted molar refractivity (Wildman–Crippen MR) is 108 cm³/mol. The van der Waals surface area contributed by atoms with Gasteiger partial charge in [0.1, 0.15) is 12.3 Å². The first-order chi connectivity index (χ1) is 14.6. The molecule has 3 rings (SSSR count). The van der Waals surface area contributed by atoms with Gasteiger partial charge in [0.2, 0.25) is 5.91 Å². The van der Waals surface area contributed by atoms with Crippen LogP contribution in [0.2, 0.25) is 0 Å². The molecule has 0 fully saturated rings. The van der Waals surface area contributed by atoms with Gasteiger partial charge in [-0.1, -0.05) is 6.92 Å². The lowest BCUT2D eigenvalue weighted by Gasteiger charge is -2.32. The number of hydrogen-bond acceptors (Lipinski definition) is 4. The van der Waals surface area contributed by atoms with Crippen molar-refractivity contribution >= 4 is 29.0 Å². The van der Waals surface area contributed by atoms with Crippen molar-refractivity contribution < 1.29 is 32.3 Å². The van der Waals surface area contributed by atoms with E-state index >= 15 is 0 Å². The standard InChI is InChI=1S/C22H21F3N2O4/c1-3-4-18(28)14-5-10-19-17(11-14)27(21(30)13(2)31-19)12-20(29)26-16-8-6-15(7-9-16)22(23,24)25/h5-11,13H,3-4,12H2,1-2H3,(H,26,29). The van der Waals surface area contributed by atoms with E-state index in [2.05, 4.69) is 5.32 Å². The second kappa shape index (κ2) is 8.79. The van der Waals surface area contributed by atoms with Crippen molar-refractivity contribution in [3.63, 3.8) is 0 Å². The lowest BCUT2D eigenvalue weighted by atomic mass is 10.0. The summed E-state index contributed by atoms with van der Waals surface area (Å²) < 4.78 is 43.6. The first-order valence-electron chi connectivity index (χ1n) is 9.72. The molecule has 0 aromatic heterocycles. The van der Waals surface area contributed by atoms with Gasteiger partial charge in [0.05, 0.1) is 11.3 Å². The van der Waals surface area contributed by atoms with E-state index in [4.69, 9.17) is 4.74 Å². The van der Waals surface area contributed by atoms with E-state index in [1.807, 2.05) is 6.92 Å². The van der Waals surface area contributed by atoms with E-state index in [9.17, 15) is 27.6 Å². The molecule has 31 heavy (non-hydrogen) atoms. The molecule has 1 aliphatic rings. The van der Waals surface area contributed by atoms with E-state index in [0.717, 1.165) is 24.3 Å². The highest BCUT2D eigenvalue weighted by Crippen LogP contribution is 2.35. The number of hydrogen-bond donors (Lipinski definition) is 1. The molecule has 2 aromatic rings. The predicted octanol–water partition coefficient (Wildman–Crippen LogP) is 4.44. The van der Waals surface area contributed by atoms with Crippen LogP contribution in [0.3, 0.4) is 0 Å². The number of Topliss-reactive ketones (excluding diaryl/α,β-unsaturated/α-hetero) is 1. The molecule has 2 aromatic carbocycles. The smallest absolute Gasteiger partial charge is 0.416 e. The van der Waals surface area contributed by atoms with E-state index in [1.165, 1.54) is 11.0 Å². The number of halogens is 3. The third-order valence-corrected chi connectivity index (χ3v) is 4.76. The molecule has 9 heteroatoms. The average Bonchev–Trinajstić information content (AvgIpc) is 2.71. The number of rotatable bonds is 6. The molecule has 0 bridgehead atoms. The Bertz CT molecular complexity index is 1000. The van der Waals surface area contributed by atoms with Gasteiger partial charge in [0.15, 0.2) is 11.9 Å². The van der Waals surface area contributed by atoms with E-state index in [-0.39, 0.29) is 18.0 Å². The van der Waals surface area contributed by atoms with E-state index in [1.54, 1.807) is 19.1 Å². The Balaban J connectivity index is 1.80. The minimum Gasteiger partial charge on any atom is -0.479 e. The first-order valence-corrected chi connectivity index (χ1v) is 9.72. The Morgan fingerprint density at radius 3 is 2.42 bits per heavy atom. The Morgan fingerprint density at radius 1 is 1.13 bits per heavy atom. The van der Waals surface area contributed by atoms with Crippen molar-refractivity contribution in [2.45, 2.75) is 39.0 Å². The third kappa shape index (κ3) is 5.04. The van der Waals surface area contributed by atoms with Gasteiger partial charge in [-0.3, -0.25) is 19.3 Å². The summed E-state index contributed by atoms with van der Waals surface area (Å²) in [6, 6.07) is 8.71. The van der Waals surface area contributed by atoms with Crippen molar-refractivity contribution in [1.29, 1.82) is 0 Å². The van der Waals surface area contributed by atoms with Gasteiger partial charge in [-0.15, -0.1) is 0 Å². The molecule has 1 unspecified atom stereocenters. The molecule has 164 valence electrons. The maximum atomic E-state index is 12.7. The maximum Gasteiger partial charge on any atom is 0.416 e. The Kier molecular flexibility index (Phi) is 6.33. The van der Waals surface area contributed by atoms with Crippen LogP contribution in [0.15, 0.2) is 42.5 Å². The van der Waals surface area contributed by atoms with Gasteiger partial charge in [0.25, 0.3) is 5.91 Å². The summed E-state index contributed by atoms with van der Waals surface area (Å²) in [6.07, 6.45) is -4.29. The molecular weight excluding hydrogens is 413 g/mol. The molecular formula is C22H21F3N2O4. The first kappa shape index (κ1) is 22.3. The highest BCUT2D eigenvalue weighted by molar-refractivity contribution is 6.07. The second-order valence-electron chi connectivity index (χ2n) is 7.16. The van der Waals surface area contributed by atoms with Gasteiger partial charge in [-0.05, 0) is 55.8 Å². The molecule has 6 nitrogen and oxygen atoms in total. The zero-order valence-electron chi connectivity index (χ0n) is 17.0. The number of carbonyl (C=O) groups is 3. The fourth-order valence-corrected chi connectivity index (χ4v) is 3.20. The molecule has 0 saturated heterocycles. The summed E-state index contributed by atoms with van der Waals surface area (Å²) in [5.74, 6) is -0.790. The van der Waals surface area contributed by atoms with Crippen LogP contribution in [0.25, 0.3) is 0 Å². The van der Waals surface area contributed by atoms with Gasteiger partial charge in [0, 0.05) is 17.7 Å². The summed E-state index contributed by atoms with van der Waals surface area (Å²) >= 11 is 0. The quantitative estimate of drug-likeness (QED) is 0.682. The lowest BCUT2D eigenvalue weighted by Crippen LogP contribution is -2.47. The zero-order chi connectivity index (χ0) is 22.8. The minimum atomic E-state index is -4.48. The fraction of sp³-hybridized carbons (Fsp3) is 0.318. The molecule has 1 atom stereocenters. The molecule has 2 amide bonds. The molecule has 0 aliphatic carbocycles. The van der Waals surface area contributed by atoms with Crippen molar-refractivity contribution in [3.8, 4) is 5.75 Å². The van der Waals surface area contributed by atoms with Crippen LogP contribution in [-0.2, 0) is 15.8 Å². The Hall–Kier alpha value is -3.36. The van der Waals surface area contributed by atoms with E-state index < -0.39 is 29.7 Å². The third-order valence-electron chi connectivity index (χ3n) is 4.76. The molecule has 0 radical (unpaired) electrons. The van der Waals surface area contributed by atoms with Gasteiger partial charge in [-0.2, -0.15) is 13.2 Å². The summed E-state index contributed by atoms with van der Waals surface area (Å²) in [5, 5.41) is 2.48. The number of nitrogens with one attached hydrogen (secondary N) is 1. The van der Waals surface area contributed by atoms with E-state index in [0.29, 0.717) is 29.8 Å². The molecule has 0 saturated carbocycles. The minimum absolute atomic E-state index is 0.0921. The molecule has 0 spiro atoms. The number of anilines is 2. The topological polar surface area (TPSA) is 75.7 Å². The number of ketones is 1. The number of nitrogens with zero attached hydrogens (tertiary/aromatic N) is 1. The van der Waals surface area contributed by atoms with Crippen molar-refractivity contribution in [1.82, 2.24) is 0 Å². The van der Waals surface area contributed by atoms with Crippen molar-refractivity contribution in [3.05, 3.63) is 53.6 Å². The SMILES string of the molecule is CCCC(=O)c1ccc2c(c1)N(CC(=O)Nc1ccc(C(F)(F)F)cc1)C(=O)C(C)O2. The van der Waals surface area contributed by atoms with Crippen LogP contribution in [0.4, 0.5) is 24.5 Å². The normalized spacial score (nSPS) is 15.8. The summed E-state index contributed by atoms with van der Waals surface area (Å²) in [4.78, 5) is 38.6. The van der Waals surface area contributed by atoms with Crippen molar-refractivity contribution in [2.24, 2.45) is 0 Å². The Morgan fingerprint density at radius 2 is 1.81 bits per heavy atom.